The number of carbonyl (C=O) groups excluding carboxylic acids is 1. The number of nitrogens with one attached hydrogen (secondary N) is 2. The first kappa shape index (κ1) is 10.8. The maximum Gasteiger partial charge on any atom is 0.280 e. The number of imidazole rings is 1. The Morgan fingerprint density at radius 2 is 2.44 bits per heavy atom. The van der Waals surface area contributed by atoms with Crippen molar-refractivity contribution in [2.24, 2.45) is 0 Å². The fourth-order valence-electron chi connectivity index (χ4n) is 1.30. The zero-order chi connectivity index (χ0) is 11.5. The van der Waals surface area contributed by atoms with Crippen LogP contribution in [0.5, 0.6) is 0 Å². The van der Waals surface area contributed by atoms with Gasteiger partial charge in [-0.15, -0.1) is 11.3 Å². The predicted molar refractivity (Wildman–Crippen MR) is 61.3 cm³/mol. The molecule has 16 heavy (non-hydrogen) atoms. The summed E-state index contributed by atoms with van der Waals surface area (Å²) in [6, 6.07) is -0.147. The Morgan fingerprint density at radius 1 is 1.62 bits per heavy atom. The molecule has 0 aromatic carbocycles. The first-order chi connectivity index (χ1) is 7.66. The van der Waals surface area contributed by atoms with E-state index in [1.807, 2.05) is 19.2 Å². The predicted octanol–water partition coefficient (Wildman–Crippen LogP) is 1.67. The topological polar surface area (TPSA) is 70.7 Å². The van der Waals surface area contributed by atoms with Crippen LogP contribution in [0.1, 0.15) is 34.3 Å². The van der Waals surface area contributed by atoms with Crippen molar-refractivity contribution in [1.29, 1.82) is 0 Å². The maximum absolute atomic E-state index is 11.8. The summed E-state index contributed by atoms with van der Waals surface area (Å²) in [6.07, 6.45) is 3.39. The number of carbonyl (C=O) groups is 1. The highest BCUT2D eigenvalue weighted by molar-refractivity contribution is 7.11. The van der Waals surface area contributed by atoms with Gasteiger partial charge in [-0.2, -0.15) is 0 Å². The van der Waals surface area contributed by atoms with E-state index >= 15 is 0 Å². The van der Waals surface area contributed by atoms with Crippen LogP contribution in [0.15, 0.2) is 17.8 Å². The van der Waals surface area contributed by atoms with Crippen molar-refractivity contribution in [1.82, 2.24) is 20.3 Å². The van der Waals surface area contributed by atoms with Crippen molar-refractivity contribution in [3.63, 3.8) is 0 Å². The highest BCUT2D eigenvalue weighted by atomic mass is 32.1. The molecule has 0 bridgehead atoms. The van der Waals surface area contributed by atoms with Crippen molar-refractivity contribution >= 4 is 17.2 Å². The van der Waals surface area contributed by atoms with Gasteiger partial charge in [0.1, 0.15) is 5.82 Å². The molecular weight excluding hydrogens is 224 g/mol. The second-order valence-corrected chi connectivity index (χ2v) is 4.32. The van der Waals surface area contributed by atoms with Gasteiger partial charge in [-0.1, -0.05) is 0 Å². The number of thiazole rings is 1. The third-order valence-corrected chi connectivity index (χ3v) is 3.05. The van der Waals surface area contributed by atoms with Crippen molar-refractivity contribution in [2.75, 3.05) is 0 Å². The van der Waals surface area contributed by atoms with Gasteiger partial charge in [0.25, 0.3) is 5.91 Å². The van der Waals surface area contributed by atoms with Gasteiger partial charge in [0.2, 0.25) is 0 Å². The third kappa shape index (κ3) is 2.27. The molecule has 6 heteroatoms. The number of H-pyrrole nitrogens is 1. The van der Waals surface area contributed by atoms with Crippen molar-refractivity contribution in [3.8, 4) is 0 Å². The number of aryl methyl sites for hydroxylation is 1. The summed E-state index contributed by atoms with van der Waals surface area (Å²) in [5.74, 6) is 0.573. The number of nitrogens with zero attached hydrogens (tertiary/aromatic N) is 2. The summed E-state index contributed by atoms with van der Waals surface area (Å²) >= 11 is 1.34. The van der Waals surface area contributed by atoms with Crippen LogP contribution in [0.2, 0.25) is 0 Å². The van der Waals surface area contributed by atoms with Gasteiger partial charge in [-0.05, 0) is 13.8 Å². The molecule has 0 saturated carbocycles. The van der Waals surface area contributed by atoms with E-state index in [0.717, 1.165) is 11.5 Å². The quantitative estimate of drug-likeness (QED) is 0.851. The number of hydrogen-bond donors (Lipinski definition) is 2. The molecule has 5 nitrogen and oxygen atoms in total. The molecule has 2 rings (SSSR count). The SMILES string of the molecule is Cc1csc(C(=O)N[C@H](C)c2ncc[nH]2)n1. The molecular formula is C10H12N4OS. The number of amides is 1. The molecule has 2 heterocycles. The first-order valence-corrected chi connectivity index (χ1v) is 5.77. The normalized spacial score (nSPS) is 12.4. The molecule has 0 fully saturated rings. The number of rotatable bonds is 3. The van der Waals surface area contributed by atoms with Crippen LogP contribution in [0.25, 0.3) is 0 Å². The monoisotopic (exact) mass is 236 g/mol. The van der Waals surface area contributed by atoms with Gasteiger partial charge in [-0.25, -0.2) is 9.97 Å². The van der Waals surface area contributed by atoms with Crippen LogP contribution in [-0.4, -0.2) is 20.9 Å². The summed E-state index contributed by atoms with van der Waals surface area (Å²) in [5, 5.41) is 5.16. The first-order valence-electron chi connectivity index (χ1n) is 4.89. The second-order valence-electron chi connectivity index (χ2n) is 3.46. The molecule has 2 N–H and O–H groups in total. The smallest absolute Gasteiger partial charge is 0.280 e. The van der Waals surface area contributed by atoms with Crippen LogP contribution in [-0.2, 0) is 0 Å². The Balaban J connectivity index is 2.03. The van der Waals surface area contributed by atoms with Crippen molar-refractivity contribution < 1.29 is 4.79 Å². The molecule has 0 aliphatic rings. The summed E-state index contributed by atoms with van der Waals surface area (Å²) in [4.78, 5) is 22.9. The zero-order valence-electron chi connectivity index (χ0n) is 9.02. The fourth-order valence-corrected chi connectivity index (χ4v) is 2.00. The lowest BCUT2D eigenvalue weighted by molar-refractivity contribution is 0.0938. The minimum absolute atomic E-state index is 0.147. The standard InChI is InChI=1S/C10H12N4OS/c1-6-5-16-10(13-6)9(15)14-7(2)8-11-3-4-12-8/h3-5,7H,1-2H3,(H,11,12)(H,14,15)/t7-/m1/s1. The van der Waals surface area contributed by atoms with Gasteiger partial charge in [0.15, 0.2) is 5.01 Å². The lowest BCUT2D eigenvalue weighted by Crippen LogP contribution is -2.27. The number of aromatic nitrogens is 3. The fraction of sp³-hybridized carbons (Fsp3) is 0.300. The minimum Gasteiger partial charge on any atom is -0.347 e. The van der Waals surface area contributed by atoms with E-state index < -0.39 is 0 Å². The molecule has 0 spiro atoms. The lowest BCUT2D eigenvalue weighted by Gasteiger charge is -2.09. The van der Waals surface area contributed by atoms with Gasteiger partial charge in [0, 0.05) is 23.5 Å². The van der Waals surface area contributed by atoms with Crippen LogP contribution in [0.4, 0.5) is 0 Å². The third-order valence-electron chi connectivity index (χ3n) is 2.09. The van der Waals surface area contributed by atoms with E-state index in [4.69, 9.17) is 0 Å². The summed E-state index contributed by atoms with van der Waals surface area (Å²) < 4.78 is 0. The Kier molecular flexibility index (Phi) is 3.00. The number of aromatic amines is 1. The van der Waals surface area contributed by atoms with Gasteiger partial charge >= 0.3 is 0 Å². The van der Waals surface area contributed by atoms with E-state index in [0.29, 0.717) is 5.01 Å². The average Bonchev–Trinajstić information content (AvgIpc) is 2.87. The van der Waals surface area contributed by atoms with Gasteiger partial charge in [0.05, 0.1) is 6.04 Å². The molecule has 0 saturated heterocycles. The Bertz CT molecular complexity index is 477. The average molecular weight is 236 g/mol. The van der Waals surface area contributed by atoms with Gasteiger partial charge < -0.3 is 10.3 Å². The lowest BCUT2D eigenvalue weighted by atomic mass is 10.3. The van der Waals surface area contributed by atoms with E-state index in [2.05, 4.69) is 20.3 Å². The summed E-state index contributed by atoms with van der Waals surface area (Å²) in [5.41, 5.74) is 0.862. The molecule has 0 aliphatic heterocycles. The van der Waals surface area contributed by atoms with Crippen molar-refractivity contribution in [2.45, 2.75) is 19.9 Å². The molecule has 2 aromatic heterocycles. The molecule has 0 aliphatic carbocycles. The van der Waals surface area contributed by atoms with Crippen LogP contribution < -0.4 is 5.32 Å². The molecule has 0 unspecified atom stereocenters. The van der Waals surface area contributed by atoms with E-state index in [-0.39, 0.29) is 11.9 Å². The van der Waals surface area contributed by atoms with Crippen LogP contribution in [0, 0.1) is 6.92 Å². The zero-order valence-corrected chi connectivity index (χ0v) is 9.84. The highest BCUT2D eigenvalue weighted by Gasteiger charge is 2.15. The van der Waals surface area contributed by atoms with Crippen LogP contribution >= 0.6 is 11.3 Å². The summed E-state index contributed by atoms with van der Waals surface area (Å²) in [7, 11) is 0. The Labute approximate surface area is 96.9 Å². The highest BCUT2D eigenvalue weighted by Crippen LogP contribution is 2.11. The molecule has 0 radical (unpaired) electrons. The van der Waals surface area contributed by atoms with E-state index in [1.165, 1.54) is 11.3 Å². The van der Waals surface area contributed by atoms with E-state index in [9.17, 15) is 4.79 Å². The molecule has 1 atom stereocenters. The molecule has 84 valence electrons. The second kappa shape index (κ2) is 4.44. The van der Waals surface area contributed by atoms with Gasteiger partial charge in [-0.3, -0.25) is 4.79 Å². The van der Waals surface area contributed by atoms with Crippen LogP contribution in [0.3, 0.4) is 0 Å². The largest absolute Gasteiger partial charge is 0.347 e. The maximum atomic E-state index is 11.8. The molecule has 2 aromatic rings. The molecule has 1 amide bonds. The van der Waals surface area contributed by atoms with Crippen molar-refractivity contribution in [3.05, 3.63) is 34.3 Å². The number of hydrogen-bond acceptors (Lipinski definition) is 4. The summed E-state index contributed by atoms with van der Waals surface area (Å²) in [6.45, 7) is 3.74. The minimum atomic E-state index is -0.165. The van der Waals surface area contributed by atoms with E-state index in [1.54, 1.807) is 12.4 Å². The Hall–Kier alpha value is -1.69. The Morgan fingerprint density at radius 3 is 3.00 bits per heavy atom.